The molecule has 9 nitrogen and oxygen atoms in total. The first-order valence-electron chi connectivity index (χ1n) is 10.9. The molecule has 3 aromatic rings. The zero-order chi connectivity index (χ0) is 24.9. The summed E-state index contributed by atoms with van der Waals surface area (Å²) in [6.45, 7) is 7.05. The lowest BCUT2D eigenvalue weighted by Gasteiger charge is -2.43. The highest BCUT2D eigenvalue weighted by atomic mass is 35.5. The third-order valence-electron chi connectivity index (χ3n) is 6.65. The summed E-state index contributed by atoms with van der Waals surface area (Å²) in [7, 11) is 1.51. The molecule has 4 N–H and O–H groups in total. The smallest absolute Gasteiger partial charge is 0.228 e. The number of rotatable bonds is 4. The van der Waals surface area contributed by atoms with Gasteiger partial charge in [-0.1, -0.05) is 11.6 Å². The Balaban J connectivity index is 1.88. The Hall–Kier alpha value is -2.71. The van der Waals surface area contributed by atoms with Gasteiger partial charge in [0.15, 0.2) is 22.7 Å². The number of nitrogens with zero attached hydrogens (tertiary/aromatic N) is 4. The second-order valence-corrected chi connectivity index (χ2v) is 10.9. The lowest BCUT2D eigenvalue weighted by molar-refractivity contribution is -0.207. The maximum absolute atomic E-state index is 12.7. The van der Waals surface area contributed by atoms with E-state index in [0.29, 0.717) is 21.3 Å². The molecule has 1 aliphatic carbocycles. The van der Waals surface area contributed by atoms with Crippen molar-refractivity contribution in [1.82, 2.24) is 24.8 Å². The number of thiophene rings is 1. The molecule has 1 amide bonds. The minimum Gasteiger partial charge on any atom is -0.384 e. The molecular weight excluding hydrogens is 476 g/mol. The molecule has 0 saturated heterocycles. The number of nitrogens with one attached hydrogen (secondary N) is 2. The molecule has 4 rings (SSSR count). The highest BCUT2D eigenvalue weighted by molar-refractivity contribution is 7.16. The Bertz CT molecular complexity index is 1320. The first kappa shape index (κ1) is 24.4. The predicted octanol–water partition coefficient (Wildman–Crippen LogP) is 2.70. The molecule has 0 spiro atoms. The summed E-state index contributed by atoms with van der Waals surface area (Å²) in [4.78, 5) is 27.0. The number of anilines is 1. The van der Waals surface area contributed by atoms with Crippen LogP contribution < -0.4 is 10.6 Å². The van der Waals surface area contributed by atoms with Gasteiger partial charge in [-0.15, -0.1) is 11.3 Å². The second-order valence-electron chi connectivity index (χ2n) is 9.14. The third kappa shape index (κ3) is 3.73. The van der Waals surface area contributed by atoms with Crippen LogP contribution >= 0.6 is 22.9 Å². The third-order valence-corrected chi connectivity index (χ3v) is 7.79. The lowest BCUT2D eigenvalue weighted by Crippen LogP contribution is -2.60. The van der Waals surface area contributed by atoms with Crippen LogP contribution in [0, 0.1) is 17.3 Å². The van der Waals surface area contributed by atoms with Gasteiger partial charge in [-0.05, 0) is 64.5 Å². The van der Waals surface area contributed by atoms with E-state index in [2.05, 4.69) is 37.4 Å². The standard InChI is InChI=1S/C23H27ClN6O3S/c1-13(2)27-18-17-19(29-16(28-18)9-7-14-6-8-15(24)34-14)30(12-26-17)23(33)11-10-21(3,20(31)25-5)22(23,4)32/h6,8,12-13,32-33H,10-11H2,1-5H3,(H,25,31)(H,27,28,29)/t21?,22-,23+/m0/s1. The number of imidazole rings is 1. The minimum atomic E-state index is -1.83. The lowest BCUT2D eigenvalue weighted by atomic mass is 9.74. The van der Waals surface area contributed by atoms with Gasteiger partial charge in [-0.3, -0.25) is 9.36 Å². The van der Waals surface area contributed by atoms with Crippen molar-refractivity contribution in [3.63, 3.8) is 0 Å². The van der Waals surface area contributed by atoms with Crippen LogP contribution in [-0.4, -0.2) is 54.3 Å². The van der Waals surface area contributed by atoms with Gasteiger partial charge in [-0.25, -0.2) is 15.0 Å². The number of aliphatic hydroxyl groups is 2. The Labute approximate surface area is 206 Å². The van der Waals surface area contributed by atoms with E-state index in [1.54, 1.807) is 13.0 Å². The Morgan fingerprint density at radius 1 is 1.24 bits per heavy atom. The summed E-state index contributed by atoms with van der Waals surface area (Å²) in [6.07, 6.45) is 1.82. The molecular formula is C23H27ClN6O3S. The monoisotopic (exact) mass is 502 g/mol. The molecule has 0 aromatic carbocycles. The number of halogens is 1. The molecule has 0 aliphatic heterocycles. The summed E-state index contributed by atoms with van der Waals surface area (Å²) < 4.78 is 2.06. The quantitative estimate of drug-likeness (QED) is 0.404. The van der Waals surface area contributed by atoms with E-state index in [0.717, 1.165) is 4.88 Å². The molecule has 1 aliphatic rings. The van der Waals surface area contributed by atoms with Gasteiger partial charge in [0.25, 0.3) is 0 Å². The van der Waals surface area contributed by atoms with Crippen LogP contribution in [0.25, 0.3) is 11.2 Å². The fraction of sp³-hybridized carbons (Fsp3) is 0.478. The van der Waals surface area contributed by atoms with E-state index in [9.17, 15) is 15.0 Å². The van der Waals surface area contributed by atoms with Crippen LogP contribution in [0.4, 0.5) is 5.82 Å². The maximum atomic E-state index is 12.7. The fourth-order valence-electron chi connectivity index (χ4n) is 4.42. The molecule has 3 atom stereocenters. The SMILES string of the molecule is CNC(=O)C1(C)CC[C@](O)(n2cnc3c(NC(C)C)nc(C#Cc4ccc(Cl)s4)nc32)[C@@]1(C)O. The van der Waals surface area contributed by atoms with Crippen molar-refractivity contribution < 1.29 is 15.0 Å². The number of hydrogen-bond donors (Lipinski definition) is 4. The van der Waals surface area contributed by atoms with Gasteiger partial charge in [0.2, 0.25) is 11.7 Å². The summed E-state index contributed by atoms with van der Waals surface area (Å²) in [5, 5.41) is 29.2. The van der Waals surface area contributed by atoms with Crippen LogP contribution in [0.2, 0.25) is 4.34 Å². The number of aromatic nitrogens is 4. The van der Waals surface area contributed by atoms with E-state index in [4.69, 9.17) is 11.6 Å². The van der Waals surface area contributed by atoms with Crippen molar-refractivity contribution in [2.45, 2.75) is 57.9 Å². The molecule has 3 heterocycles. The first-order valence-corrected chi connectivity index (χ1v) is 12.1. The summed E-state index contributed by atoms with van der Waals surface area (Å²) in [5.74, 6) is 6.29. The van der Waals surface area contributed by atoms with Crippen molar-refractivity contribution in [2.24, 2.45) is 5.41 Å². The van der Waals surface area contributed by atoms with E-state index >= 15 is 0 Å². The highest BCUT2D eigenvalue weighted by Gasteiger charge is 2.66. The van der Waals surface area contributed by atoms with Crippen LogP contribution in [0.3, 0.4) is 0 Å². The average molecular weight is 503 g/mol. The highest BCUT2D eigenvalue weighted by Crippen LogP contribution is 2.55. The number of fused-ring (bicyclic) bond motifs is 1. The largest absolute Gasteiger partial charge is 0.384 e. The van der Waals surface area contributed by atoms with E-state index < -0.39 is 16.7 Å². The Morgan fingerprint density at radius 3 is 2.59 bits per heavy atom. The van der Waals surface area contributed by atoms with Crippen molar-refractivity contribution in [3.8, 4) is 11.8 Å². The van der Waals surface area contributed by atoms with Crippen molar-refractivity contribution in [2.75, 3.05) is 12.4 Å². The Morgan fingerprint density at radius 2 is 1.97 bits per heavy atom. The van der Waals surface area contributed by atoms with E-state index in [1.165, 1.54) is 36.2 Å². The zero-order valence-corrected chi connectivity index (χ0v) is 21.2. The van der Waals surface area contributed by atoms with Gasteiger partial charge in [0.05, 0.1) is 21.0 Å². The van der Waals surface area contributed by atoms with Gasteiger partial charge < -0.3 is 20.8 Å². The average Bonchev–Trinajstić information content (AvgIpc) is 3.44. The normalized spacial score (nSPS) is 26.5. The minimum absolute atomic E-state index is 0.0504. The van der Waals surface area contributed by atoms with Crippen LogP contribution in [0.1, 0.15) is 51.2 Å². The summed E-state index contributed by atoms with van der Waals surface area (Å²) in [5.41, 5.74) is -4.14. The molecule has 34 heavy (non-hydrogen) atoms. The topological polar surface area (TPSA) is 125 Å². The fourth-order valence-corrected chi connectivity index (χ4v) is 5.31. The molecule has 11 heteroatoms. The number of carbonyl (C=O) groups is 1. The van der Waals surface area contributed by atoms with Gasteiger partial charge in [0.1, 0.15) is 5.60 Å². The molecule has 3 aromatic heterocycles. The van der Waals surface area contributed by atoms with E-state index in [-0.39, 0.29) is 30.6 Å². The summed E-state index contributed by atoms with van der Waals surface area (Å²) >= 11 is 7.34. The molecule has 180 valence electrons. The van der Waals surface area contributed by atoms with Crippen LogP contribution in [0.5, 0.6) is 0 Å². The Kier molecular flexibility index (Phi) is 6.10. The maximum Gasteiger partial charge on any atom is 0.228 e. The van der Waals surface area contributed by atoms with E-state index in [1.807, 2.05) is 19.9 Å². The zero-order valence-electron chi connectivity index (χ0n) is 19.6. The number of hydrogen-bond acceptors (Lipinski definition) is 8. The molecule has 1 unspecified atom stereocenters. The van der Waals surface area contributed by atoms with Crippen LogP contribution in [0.15, 0.2) is 18.5 Å². The second kappa shape index (κ2) is 8.50. The van der Waals surface area contributed by atoms with Gasteiger partial charge >= 0.3 is 0 Å². The number of carbonyl (C=O) groups excluding carboxylic acids is 1. The van der Waals surface area contributed by atoms with Gasteiger partial charge in [0, 0.05) is 13.1 Å². The van der Waals surface area contributed by atoms with Crippen molar-refractivity contribution in [1.29, 1.82) is 0 Å². The van der Waals surface area contributed by atoms with Crippen molar-refractivity contribution >= 4 is 45.8 Å². The molecule has 0 radical (unpaired) electrons. The van der Waals surface area contributed by atoms with Crippen LogP contribution in [-0.2, 0) is 10.5 Å². The molecule has 0 bridgehead atoms. The first-order chi connectivity index (χ1) is 15.9. The van der Waals surface area contributed by atoms with Crippen molar-refractivity contribution in [3.05, 3.63) is 33.5 Å². The van der Waals surface area contributed by atoms with Gasteiger partial charge in [-0.2, -0.15) is 0 Å². The summed E-state index contributed by atoms with van der Waals surface area (Å²) in [6, 6.07) is 3.63. The predicted molar refractivity (Wildman–Crippen MR) is 132 cm³/mol. The molecule has 1 saturated carbocycles. The number of amides is 1. The molecule has 1 fully saturated rings.